The van der Waals surface area contributed by atoms with Crippen molar-refractivity contribution in [3.05, 3.63) is 0 Å². The van der Waals surface area contributed by atoms with Crippen molar-refractivity contribution < 1.29 is 4.74 Å². The molecule has 1 unspecified atom stereocenters. The van der Waals surface area contributed by atoms with Crippen LogP contribution in [0, 0.1) is 11.8 Å². The zero-order chi connectivity index (χ0) is 13.2. The van der Waals surface area contributed by atoms with Gasteiger partial charge in [0.1, 0.15) is 0 Å². The Morgan fingerprint density at radius 1 is 1.39 bits per heavy atom. The summed E-state index contributed by atoms with van der Waals surface area (Å²) in [6.07, 6.45) is 3.97. The van der Waals surface area contributed by atoms with Gasteiger partial charge >= 0.3 is 0 Å². The molecule has 1 N–H and O–H groups in total. The third kappa shape index (κ3) is 7.34. The quantitative estimate of drug-likeness (QED) is 0.641. The summed E-state index contributed by atoms with van der Waals surface area (Å²) in [4.78, 5) is 2.57. The molecule has 0 amide bonds. The largest absolute Gasteiger partial charge is 0.380 e. The third-order valence-electron chi connectivity index (χ3n) is 3.47. The van der Waals surface area contributed by atoms with Gasteiger partial charge < -0.3 is 15.0 Å². The minimum Gasteiger partial charge on any atom is -0.380 e. The Bertz CT molecular complexity index is 197. The molecule has 3 heteroatoms. The van der Waals surface area contributed by atoms with Gasteiger partial charge in [0.15, 0.2) is 0 Å². The minimum atomic E-state index is 0.650. The van der Waals surface area contributed by atoms with Crippen molar-refractivity contribution in [1.82, 2.24) is 10.2 Å². The van der Waals surface area contributed by atoms with Crippen LogP contribution < -0.4 is 5.32 Å². The van der Waals surface area contributed by atoms with Crippen LogP contribution in [0.5, 0.6) is 0 Å². The van der Waals surface area contributed by atoms with Crippen LogP contribution in [0.1, 0.15) is 40.0 Å². The van der Waals surface area contributed by atoms with Crippen LogP contribution in [0.25, 0.3) is 0 Å². The average molecular weight is 256 g/mol. The second-order valence-corrected chi connectivity index (χ2v) is 5.98. The molecule has 1 saturated heterocycles. The van der Waals surface area contributed by atoms with Gasteiger partial charge in [0.25, 0.3) is 0 Å². The van der Waals surface area contributed by atoms with E-state index < -0.39 is 0 Å². The van der Waals surface area contributed by atoms with Crippen LogP contribution in [0.15, 0.2) is 0 Å². The first-order chi connectivity index (χ1) is 8.72. The Morgan fingerprint density at radius 2 is 2.22 bits per heavy atom. The second-order valence-electron chi connectivity index (χ2n) is 5.98. The molecule has 0 aromatic heterocycles. The van der Waals surface area contributed by atoms with Crippen molar-refractivity contribution in [2.45, 2.75) is 40.0 Å². The minimum absolute atomic E-state index is 0.650. The van der Waals surface area contributed by atoms with E-state index in [1.165, 1.54) is 38.9 Å². The van der Waals surface area contributed by atoms with Gasteiger partial charge in [-0.2, -0.15) is 0 Å². The van der Waals surface area contributed by atoms with Crippen LogP contribution in [-0.4, -0.2) is 50.8 Å². The van der Waals surface area contributed by atoms with Crippen molar-refractivity contribution in [3.8, 4) is 0 Å². The van der Waals surface area contributed by atoms with E-state index in [1.54, 1.807) is 0 Å². The molecule has 0 aromatic carbocycles. The van der Waals surface area contributed by atoms with Gasteiger partial charge in [-0.25, -0.2) is 0 Å². The van der Waals surface area contributed by atoms with Crippen molar-refractivity contribution >= 4 is 0 Å². The Balaban J connectivity index is 2.06. The van der Waals surface area contributed by atoms with Crippen LogP contribution in [-0.2, 0) is 4.74 Å². The summed E-state index contributed by atoms with van der Waals surface area (Å²) in [5, 5.41) is 3.55. The van der Waals surface area contributed by atoms with E-state index in [1.807, 2.05) is 0 Å². The van der Waals surface area contributed by atoms with Gasteiger partial charge in [0, 0.05) is 19.7 Å². The van der Waals surface area contributed by atoms with E-state index in [9.17, 15) is 0 Å². The van der Waals surface area contributed by atoms with Crippen molar-refractivity contribution in [2.75, 3.05) is 45.9 Å². The fraction of sp³-hybridized carbons (Fsp3) is 1.00. The van der Waals surface area contributed by atoms with Gasteiger partial charge in [-0.15, -0.1) is 0 Å². The monoisotopic (exact) mass is 256 g/mol. The van der Waals surface area contributed by atoms with Gasteiger partial charge in [0.05, 0.1) is 6.61 Å². The molecule has 1 heterocycles. The van der Waals surface area contributed by atoms with Crippen LogP contribution in [0.4, 0.5) is 0 Å². The third-order valence-corrected chi connectivity index (χ3v) is 3.47. The lowest BCUT2D eigenvalue weighted by atomic mass is 9.98. The molecule has 0 saturated carbocycles. The van der Waals surface area contributed by atoms with Crippen molar-refractivity contribution in [1.29, 1.82) is 0 Å². The molecule has 0 bridgehead atoms. The van der Waals surface area contributed by atoms with Gasteiger partial charge in [-0.05, 0) is 50.7 Å². The maximum atomic E-state index is 5.67. The van der Waals surface area contributed by atoms with Gasteiger partial charge in [0.2, 0.25) is 0 Å². The second kappa shape index (κ2) is 9.76. The number of rotatable bonds is 9. The first-order valence-corrected chi connectivity index (χ1v) is 7.73. The SMILES string of the molecule is CCCNCC1CCCN(CCOCC(C)C)C1. The number of hydrogen-bond acceptors (Lipinski definition) is 3. The molecule has 0 spiro atoms. The summed E-state index contributed by atoms with van der Waals surface area (Å²) in [5.41, 5.74) is 0. The van der Waals surface area contributed by atoms with Crippen LogP contribution in [0.2, 0.25) is 0 Å². The summed E-state index contributed by atoms with van der Waals surface area (Å²) in [7, 11) is 0. The molecule has 3 nitrogen and oxygen atoms in total. The summed E-state index contributed by atoms with van der Waals surface area (Å²) >= 11 is 0. The normalized spacial score (nSPS) is 21.7. The number of nitrogens with zero attached hydrogens (tertiary/aromatic N) is 1. The lowest BCUT2D eigenvalue weighted by molar-refractivity contribution is 0.0710. The Labute approximate surface area is 113 Å². The lowest BCUT2D eigenvalue weighted by Crippen LogP contribution is -2.41. The first-order valence-electron chi connectivity index (χ1n) is 7.73. The van der Waals surface area contributed by atoms with E-state index in [2.05, 4.69) is 31.0 Å². The molecular weight excluding hydrogens is 224 g/mol. The zero-order valence-electron chi connectivity index (χ0n) is 12.6. The summed E-state index contributed by atoms with van der Waals surface area (Å²) < 4.78 is 5.67. The summed E-state index contributed by atoms with van der Waals surface area (Å²) in [6, 6.07) is 0. The summed E-state index contributed by atoms with van der Waals surface area (Å²) in [5.74, 6) is 1.49. The van der Waals surface area contributed by atoms with Gasteiger partial charge in [-0.1, -0.05) is 20.8 Å². The maximum absolute atomic E-state index is 5.67. The number of nitrogens with one attached hydrogen (secondary N) is 1. The fourth-order valence-corrected chi connectivity index (χ4v) is 2.52. The highest BCUT2D eigenvalue weighted by Gasteiger charge is 2.18. The number of hydrogen-bond donors (Lipinski definition) is 1. The number of ether oxygens (including phenoxy) is 1. The van der Waals surface area contributed by atoms with E-state index in [4.69, 9.17) is 4.74 Å². The molecule has 108 valence electrons. The van der Waals surface area contributed by atoms with E-state index in [-0.39, 0.29) is 0 Å². The summed E-state index contributed by atoms with van der Waals surface area (Å²) in [6.45, 7) is 14.4. The lowest BCUT2D eigenvalue weighted by Gasteiger charge is -2.32. The molecule has 0 radical (unpaired) electrons. The van der Waals surface area contributed by atoms with E-state index >= 15 is 0 Å². The molecule has 1 aliphatic heterocycles. The highest BCUT2D eigenvalue weighted by atomic mass is 16.5. The highest BCUT2D eigenvalue weighted by Crippen LogP contribution is 2.15. The highest BCUT2D eigenvalue weighted by molar-refractivity contribution is 4.74. The van der Waals surface area contributed by atoms with Gasteiger partial charge in [-0.3, -0.25) is 0 Å². The Morgan fingerprint density at radius 3 is 2.94 bits per heavy atom. The standard InChI is InChI=1S/C15H32N2O/c1-4-7-16-11-15-6-5-8-17(12-15)9-10-18-13-14(2)3/h14-16H,4-13H2,1-3H3. The van der Waals surface area contributed by atoms with E-state index in [0.717, 1.165) is 32.2 Å². The predicted octanol–water partition coefficient (Wildman–Crippen LogP) is 2.37. The topological polar surface area (TPSA) is 24.5 Å². The predicted molar refractivity (Wildman–Crippen MR) is 78.0 cm³/mol. The Kier molecular flexibility index (Phi) is 8.64. The van der Waals surface area contributed by atoms with Crippen molar-refractivity contribution in [2.24, 2.45) is 11.8 Å². The fourth-order valence-electron chi connectivity index (χ4n) is 2.52. The molecule has 1 rings (SSSR count). The van der Waals surface area contributed by atoms with Crippen LogP contribution >= 0.6 is 0 Å². The zero-order valence-corrected chi connectivity index (χ0v) is 12.6. The average Bonchev–Trinajstić information content (AvgIpc) is 2.35. The molecule has 1 fully saturated rings. The molecule has 0 aliphatic carbocycles. The smallest absolute Gasteiger partial charge is 0.0593 e. The molecule has 1 atom stereocenters. The molecule has 0 aromatic rings. The first kappa shape index (κ1) is 15.9. The number of piperidine rings is 1. The van der Waals surface area contributed by atoms with Crippen molar-refractivity contribution in [3.63, 3.8) is 0 Å². The molecule has 18 heavy (non-hydrogen) atoms. The van der Waals surface area contributed by atoms with E-state index in [0.29, 0.717) is 5.92 Å². The number of likely N-dealkylation sites (tertiary alicyclic amines) is 1. The molecule has 1 aliphatic rings. The molecular formula is C15H32N2O. The van der Waals surface area contributed by atoms with Crippen LogP contribution in [0.3, 0.4) is 0 Å². The maximum Gasteiger partial charge on any atom is 0.0593 e. The Hall–Kier alpha value is -0.120.